The second-order valence-corrected chi connectivity index (χ2v) is 4.78. The Kier molecular flexibility index (Phi) is 6.29. The van der Waals surface area contributed by atoms with Gasteiger partial charge in [0.05, 0.1) is 13.7 Å². The maximum atomic E-state index is 11.9. The van der Waals surface area contributed by atoms with Crippen LogP contribution >= 0.6 is 0 Å². The highest BCUT2D eigenvalue weighted by Gasteiger charge is 2.06. The van der Waals surface area contributed by atoms with Gasteiger partial charge in [-0.05, 0) is 37.3 Å². The highest BCUT2D eigenvalue weighted by molar-refractivity contribution is 5.77. The predicted octanol–water partition coefficient (Wildman–Crippen LogP) is 2.79. The van der Waals surface area contributed by atoms with Crippen LogP contribution in [0, 0.1) is 0 Å². The zero-order chi connectivity index (χ0) is 16.5. The topological polar surface area (TPSA) is 56.8 Å². The fraction of sp³-hybridized carbons (Fsp3) is 0.278. The van der Waals surface area contributed by atoms with Crippen LogP contribution in [-0.2, 0) is 11.3 Å². The molecule has 1 N–H and O–H groups in total. The first kappa shape index (κ1) is 16.7. The molecule has 0 bridgehead atoms. The van der Waals surface area contributed by atoms with E-state index in [1.54, 1.807) is 19.2 Å². The molecule has 122 valence electrons. The second kappa shape index (κ2) is 8.68. The number of para-hydroxylation sites is 1. The van der Waals surface area contributed by atoms with Crippen LogP contribution in [0.3, 0.4) is 0 Å². The lowest BCUT2D eigenvalue weighted by molar-refractivity contribution is -0.123. The summed E-state index contributed by atoms with van der Waals surface area (Å²) in [5, 5.41) is 2.81. The van der Waals surface area contributed by atoms with Crippen molar-refractivity contribution in [3.05, 3.63) is 54.1 Å². The highest BCUT2D eigenvalue weighted by Crippen LogP contribution is 2.18. The molecule has 2 aromatic rings. The lowest BCUT2D eigenvalue weighted by atomic mass is 10.2. The number of rotatable bonds is 8. The first-order valence-corrected chi connectivity index (χ1v) is 7.47. The third kappa shape index (κ3) is 5.21. The molecule has 0 saturated carbocycles. The summed E-state index contributed by atoms with van der Waals surface area (Å²) in [6.07, 6.45) is 0. The van der Waals surface area contributed by atoms with Crippen molar-refractivity contribution in [2.24, 2.45) is 0 Å². The molecule has 23 heavy (non-hydrogen) atoms. The van der Waals surface area contributed by atoms with Gasteiger partial charge in [-0.15, -0.1) is 0 Å². The average Bonchev–Trinajstić information content (AvgIpc) is 2.60. The Hall–Kier alpha value is -2.69. The van der Waals surface area contributed by atoms with Crippen molar-refractivity contribution < 1.29 is 19.0 Å². The van der Waals surface area contributed by atoms with Crippen molar-refractivity contribution >= 4 is 5.91 Å². The third-order valence-electron chi connectivity index (χ3n) is 3.17. The van der Waals surface area contributed by atoms with E-state index >= 15 is 0 Å². The minimum absolute atomic E-state index is 0.0386. The Morgan fingerprint density at radius 1 is 1.00 bits per heavy atom. The van der Waals surface area contributed by atoms with Gasteiger partial charge in [-0.2, -0.15) is 0 Å². The second-order valence-electron chi connectivity index (χ2n) is 4.78. The van der Waals surface area contributed by atoms with Gasteiger partial charge in [0.25, 0.3) is 5.91 Å². The molecule has 2 rings (SSSR count). The number of methoxy groups -OCH3 is 1. The van der Waals surface area contributed by atoms with E-state index in [1.165, 1.54) is 0 Å². The standard InChI is InChI=1S/C18H21NO4/c1-3-22-15-8-10-16(11-9-15)23-13-18(20)19-12-14-6-4-5-7-17(14)21-2/h4-11H,3,12-13H2,1-2H3,(H,19,20). The third-order valence-corrected chi connectivity index (χ3v) is 3.17. The molecule has 2 aromatic carbocycles. The summed E-state index contributed by atoms with van der Waals surface area (Å²) < 4.78 is 16.0. The molecule has 0 aliphatic heterocycles. The van der Waals surface area contributed by atoms with Crippen LogP contribution < -0.4 is 19.5 Å². The Bertz CT molecular complexity index is 625. The van der Waals surface area contributed by atoms with E-state index in [1.807, 2.05) is 43.3 Å². The van der Waals surface area contributed by atoms with Gasteiger partial charge in [0.15, 0.2) is 6.61 Å². The Labute approximate surface area is 136 Å². The minimum Gasteiger partial charge on any atom is -0.496 e. The molecule has 5 nitrogen and oxygen atoms in total. The van der Waals surface area contributed by atoms with Crippen molar-refractivity contribution in [3.63, 3.8) is 0 Å². The maximum Gasteiger partial charge on any atom is 0.258 e. The van der Waals surface area contributed by atoms with Gasteiger partial charge >= 0.3 is 0 Å². The first-order chi connectivity index (χ1) is 11.2. The summed E-state index contributed by atoms with van der Waals surface area (Å²) >= 11 is 0. The molecule has 0 fully saturated rings. The lowest BCUT2D eigenvalue weighted by Crippen LogP contribution is -2.28. The van der Waals surface area contributed by atoms with Crippen molar-refractivity contribution in [1.29, 1.82) is 0 Å². The summed E-state index contributed by atoms with van der Waals surface area (Å²) in [5.41, 5.74) is 0.921. The Balaban J connectivity index is 1.78. The van der Waals surface area contributed by atoms with Gasteiger partial charge in [0.1, 0.15) is 17.2 Å². The van der Waals surface area contributed by atoms with Crippen LogP contribution in [0.4, 0.5) is 0 Å². The number of carbonyl (C=O) groups excluding carboxylic acids is 1. The number of amides is 1. The minimum atomic E-state index is -0.190. The van der Waals surface area contributed by atoms with E-state index in [9.17, 15) is 4.79 Å². The SMILES string of the molecule is CCOc1ccc(OCC(=O)NCc2ccccc2OC)cc1. The fourth-order valence-corrected chi connectivity index (χ4v) is 2.04. The molecule has 0 radical (unpaired) electrons. The zero-order valence-corrected chi connectivity index (χ0v) is 13.4. The fourth-order valence-electron chi connectivity index (χ4n) is 2.04. The molecule has 1 amide bonds. The van der Waals surface area contributed by atoms with E-state index in [2.05, 4.69) is 5.32 Å². The molecule has 5 heteroatoms. The number of ether oxygens (including phenoxy) is 3. The summed E-state index contributed by atoms with van der Waals surface area (Å²) in [5.74, 6) is 1.96. The first-order valence-electron chi connectivity index (χ1n) is 7.47. The molecule has 0 atom stereocenters. The molecular weight excluding hydrogens is 294 g/mol. The number of hydrogen-bond donors (Lipinski definition) is 1. The number of carbonyl (C=O) groups is 1. The smallest absolute Gasteiger partial charge is 0.258 e. The summed E-state index contributed by atoms with van der Waals surface area (Å²) in [6.45, 7) is 2.90. The van der Waals surface area contributed by atoms with Gasteiger partial charge in [0, 0.05) is 12.1 Å². The molecule has 0 aliphatic carbocycles. The molecule has 0 unspecified atom stereocenters. The molecule has 0 aromatic heterocycles. The van der Waals surface area contributed by atoms with E-state index < -0.39 is 0 Å². The predicted molar refractivity (Wildman–Crippen MR) is 87.9 cm³/mol. The van der Waals surface area contributed by atoms with Gasteiger partial charge in [-0.3, -0.25) is 4.79 Å². The van der Waals surface area contributed by atoms with Crippen LogP contribution in [0.1, 0.15) is 12.5 Å². The molecule has 0 spiro atoms. The van der Waals surface area contributed by atoms with Crippen molar-refractivity contribution in [2.45, 2.75) is 13.5 Å². The van der Waals surface area contributed by atoms with Gasteiger partial charge in [-0.1, -0.05) is 18.2 Å². The summed E-state index contributed by atoms with van der Waals surface area (Å²) in [7, 11) is 1.61. The maximum absolute atomic E-state index is 11.9. The van der Waals surface area contributed by atoms with Crippen LogP contribution in [0.15, 0.2) is 48.5 Å². The average molecular weight is 315 g/mol. The van der Waals surface area contributed by atoms with Gasteiger partial charge in [-0.25, -0.2) is 0 Å². The van der Waals surface area contributed by atoms with Crippen LogP contribution in [0.5, 0.6) is 17.2 Å². The van der Waals surface area contributed by atoms with Crippen LogP contribution in [0.2, 0.25) is 0 Å². The van der Waals surface area contributed by atoms with Crippen molar-refractivity contribution in [2.75, 3.05) is 20.3 Å². The molecular formula is C18H21NO4. The molecule has 0 heterocycles. The number of hydrogen-bond acceptors (Lipinski definition) is 4. The summed E-state index contributed by atoms with van der Waals surface area (Å²) in [4.78, 5) is 11.9. The monoisotopic (exact) mass is 315 g/mol. The van der Waals surface area contributed by atoms with Crippen LogP contribution in [-0.4, -0.2) is 26.2 Å². The van der Waals surface area contributed by atoms with Gasteiger partial charge < -0.3 is 19.5 Å². The lowest BCUT2D eigenvalue weighted by Gasteiger charge is -2.10. The normalized spacial score (nSPS) is 10.0. The highest BCUT2D eigenvalue weighted by atomic mass is 16.5. The van der Waals surface area contributed by atoms with Gasteiger partial charge in [0.2, 0.25) is 0 Å². The van der Waals surface area contributed by atoms with E-state index in [0.29, 0.717) is 18.9 Å². The molecule has 0 saturated heterocycles. The largest absolute Gasteiger partial charge is 0.496 e. The van der Waals surface area contributed by atoms with Crippen molar-refractivity contribution in [1.82, 2.24) is 5.32 Å². The Morgan fingerprint density at radius 2 is 1.65 bits per heavy atom. The molecule has 0 aliphatic rings. The van der Waals surface area contributed by atoms with E-state index in [4.69, 9.17) is 14.2 Å². The number of nitrogens with one attached hydrogen (secondary N) is 1. The van der Waals surface area contributed by atoms with Crippen molar-refractivity contribution in [3.8, 4) is 17.2 Å². The van der Waals surface area contributed by atoms with E-state index in [0.717, 1.165) is 17.1 Å². The van der Waals surface area contributed by atoms with E-state index in [-0.39, 0.29) is 12.5 Å². The Morgan fingerprint density at radius 3 is 2.30 bits per heavy atom. The summed E-state index contributed by atoms with van der Waals surface area (Å²) in [6, 6.07) is 14.7. The number of benzene rings is 2. The quantitative estimate of drug-likeness (QED) is 0.814. The zero-order valence-electron chi connectivity index (χ0n) is 13.4. The van der Waals surface area contributed by atoms with Crippen LogP contribution in [0.25, 0.3) is 0 Å².